The Hall–Kier alpha value is -2.19. The van der Waals surface area contributed by atoms with E-state index in [9.17, 15) is 0 Å². The largest absolute Gasteiger partial charge is 0.497 e. The molecule has 0 radical (unpaired) electrons. The molecule has 136 valence electrons. The third-order valence-corrected chi connectivity index (χ3v) is 4.65. The first-order chi connectivity index (χ1) is 12.7. The number of hydrogen-bond donors (Lipinski definition) is 0. The monoisotopic (exact) mass is 436 g/mol. The number of methoxy groups -OCH3 is 2. The van der Waals surface area contributed by atoms with Gasteiger partial charge in [-0.2, -0.15) is 0 Å². The van der Waals surface area contributed by atoms with Crippen molar-refractivity contribution in [3.8, 4) is 28.7 Å². The van der Waals surface area contributed by atoms with Crippen molar-refractivity contribution >= 4 is 27.7 Å². The van der Waals surface area contributed by atoms with Crippen molar-refractivity contribution in [2.45, 2.75) is 5.22 Å². The van der Waals surface area contributed by atoms with Crippen molar-refractivity contribution in [1.29, 1.82) is 0 Å². The second kappa shape index (κ2) is 8.95. The van der Waals surface area contributed by atoms with E-state index in [1.807, 2.05) is 36.4 Å². The predicted molar refractivity (Wildman–Crippen MR) is 103 cm³/mol. The molecule has 0 aliphatic heterocycles. The molecule has 6 nitrogen and oxygen atoms in total. The summed E-state index contributed by atoms with van der Waals surface area (Å²) in [6.45, 7) is 0.534. The molecule has 8 heteroatoms. The summed E-state index contributed by atoms with van der Waals surface area (Å²) in [5.74, 6) is 3.24. The molecule has 0 bridgehead atoms. The van der Waals surface area contributed by atoms with Crippen molar-refractivity contribution in [3.05, 3.63) is 46.9 Å². The predicted octanol–water partition coefficient (Wildman–Crippen LogP) is 4.69. The van der Waals surface area contributed by atoms with Gasteiger partial charge in [-0.3, -0.25) is 0 Å². The molecule has 0 spiro atoms. The van der Waals surface area contributed by atoms with Crippen molar-refractivity contribution < 1.29 is 18.6 Å². The fourth-order valence-corrected chi connectivity index (χ4v) is 3.12. The number of benzene rings is 2. The van der Waals surface area contributed by atoms with E-state index in [0.717, 1.165) is 15.8 Å². The van der Waals surface area contributed by atoms with Crippen molar-refractivity contribution in [2.75, 3.05) is 26.6 Å². The van der Waals surface area contributed by atoms with Crippen LogP contribution >= 0.6 is 27.7 Å². The molecule has 0 N–H and O–H groups in total. The van der Waals surface area contributed by atoms with Crippen molar-refractivity contribution in [1.82, 2.24) is 10.2 Å². The normalized spacial score (nSPS) is 10.6. The molecule has 0 saturated carbocycles. The van der Waals surface area contributed by atoms with Gasteiger partial charge in [0.1, 0.15) is 17.2 Å². The van der Waals surface area contributed by atoms with Crippen LogP contribution in [0.1, 0.15) is 0 Å². The highest BCUT2D eigenvalue weighted by atomic mass is 79.9. The minimum Gasteiger partial charge on any atom is -0.497 e. The van der Waals surface area contributed by atoms with Gasteiger partial charge < -0.3 is 18.6 Å². The van der Waals surface area contributed by atoms with Crippen LogP contribution in [0.4, 0.5) is 0 Å². The Labute approximate surface area is 164 Å². The molecule has 2 aromatic carbocycles. The Balaban J connectivity index is 1.58. The lowest BCUT2D eigenvalue weighted by Gasteiger charge is -2.06. The van der Waals surface area contributed by atoms with Gasteiger partial charge in [0.05, 0.1) is 20.8 Å². The van der Waals surface area contributed by atoms with Crippen LogP contribution in [0.5, 0.6) is 17.2 Å². The average Bonchev–Trinajstić information content (AvgIpc) is 3.14. The lowest BCUT2D eigenvalue weighted by Crippen LogP contribution is -1.99. The summed E-state index contributed by atoms with van der Waals surface area (Å²) in [6, 6.07) is 13.1. The average molecular weight is 437 g/mol. The lowest BCUT2D eigenvalue weighted by molar-refractivity contribution is 0.343. The molecule has 3 aromatic rings. The maximum Gasteiger partial charge on any atom is 0.276 e. The van der Waals surface area contributed by atoms with Gasteiger partial charge in [0.15, 0.2) is 0 Å². The summed E-state index contributed by atoms with van der Waals surface area (Å²) in [7, 11) is 3.19. The Bertz CT molecular complexity index is 850. The topological polar surface area (TPSA) is 66.6 Å². The maximum absolute atomic E-state index is 5.71. The highest BCUT2D eigenvalue weighted by Gasteiger charge is 2.12. The molecule has 0 aliphatic carbocycles. The summed E-state index contributed by atoms with van der Waals surface area (Å²) in [5, 5.41) is 8.64. The number of thioether (sulfide) groups is 1. The highest BCUT2D eigenvalue weighted by Crippen LogP contribution is 2.30. The van der Waals surface area contributed by atoms with Crippen LogP contribution in [0.3, 0.4) is 0 Å². The van der Waals surface area contributed by atoms with E-state index in [0.29, 0.717) is 35.0 Å². The van der Waals surface area contributed by atoms with Crippen LogP contribution in [0.2, 0.25) is 0 Å². The molecular formula is C18H17BrN2O4S. The Morgan fingerprint density at radius 2 is 1.77 bits per heavy atom. The molecule has 0 aliphatic rings. The van der Waals surface area contributed by atoms with Gasteiger partial charge in [-0.05, 0) is 30.3 Å². The van der Waals surface area contributed by atoms with Gasteiger partial charge >= 0.3 is 0 Å². The van der Waals surface area contributed by atoms with Crippen LogP contribution in [0.15, 0.2) is 56.6 Å². The molecular weight excluding hydrogens is 420 g/mol. The van der Waals surface area contributed by atoms with Crippen LogP contribution in [-0.2, 0) is 0 Å². The first-order valence-electron chi connectivity index (χ1n) is 7.76. The second-order valence-electron chi connectivity index (χ2n) is 5.13. The molecule has 1 aromatic heterocycles. The fraction of sp³-hybridized carbons (Fsp3) is 0.222. The SMILES string of the molecule is COc1cc(OC)cc(-c2nnc(SCCOc3cccc(Br)c3)o2)c1. The zero-order chi connectivity index (χ0) is 18.4. The van der Waals surface area contributed by atoms with Gasteiger partial charge in [-0.15, -0.1) is 10.2 Å². The number of hydrogen-bond acceptors (Lipinski definition) is 7. The van der Waals surface area contributed by atoms with Gasteiger partial charge in [-0.1, -0.05) is 33.8 Å². The van der Waals surface area contributed by atoms with Gasteiger partial charge in [-0.25, -0.2) is 0 Å². The third-order valence-electron chi connectivity index (χ3n) is 3.38. The molecule has 3 rings (SSSR count). The molecule has 1 heterocycles. The van der Waals surface area contributed by atoms with Crippen molar-refractivity contribution in [3.63, 3.8) is 0 Å². The quantitative estimate of drug-likeness (QED) is 0.374. The number of rotatable bonds is 8. The minimum absolute atomic E-state index is 0.414. The second-order valence-corrected chi connectivity index (χ2v) is 7.09. The van der Waals surface area contributed by atoms with E-state index in [2.05, 4.69) is 26.1 Å². The summed E-state index contributed by atoms with van der Waals surface area (Å²) in [6.07, 6.45) is 0. The van der Waals surface area contributed by atoms with Crippen LogP contribution < -0.4 is 14.2 Å². The van der Waals surface area contributed by atoms with E-state index in [1.165, 1.54) is 11.8 Å². The van der Waals surface area contributed by atoms with E-state index >= 15 is 0 Å². The lowest BCUT2D eigenvalue weighted by atomic mass is 10.2. The van der Waals surface area contributed by atoms with Gasteiger partial charge in [0, 0.05) is 21.9 Å². The molecule has 0 amide bonds. The maximum atomic E-state index is 5.71. The molecule has 0 fully saturated rings. The number of aromatic nitrogens is 2. The molecule has 0 atom stereocenters. The molecule has 0 unspecified atom stereocenters. The highest BCUT2D eigenvalue weighted by molar-refractivity contribution is 9.10. The fourth-order valence-electron chi connectivity index (χ4n) is 2.16. The molecule has 26 heavy (non-hydrogen) atoms. The Kier molecular flexibility index (Phi) is 6.40. The number of ether oxygens (including phenoxy) is 3. The minimum atomic E-state index is 0.414. The summed E-state index contributed by atoms with van der Waals surface area (Å²) >= 11 is 4.86. The summed E-state index contributed by atoms with van der Waals surface area (Å²) in [4.78, 5) is 0. The summed E-state index contributed by atoms with van der Waals surface area (Å²) < 4.78 is 22.9. The standard InChI is InChI=1S/C18H17BrN2O4S/c1-22-15-8-12(9-16(11-15)23-2)17-20-21-18(25-17)26-7-6-24-14-5-3-4-13(19)10-14/h3-5,8-11H,6-7H2,1-2H3. The first-order valence-corrected chi connectivity index (χ1v) is 9.54. The van der Waals surface area contributed by atoms with Gasteiger partial charge in [0.2, 0.25) is 5.89 Å². The molecule has 0 saturated heterocycles. The number of halogens is 1. The van der Waals surface area contributed by atoms with E-state index in [4.69, 9.17) is 18.6 Å². The Morgan fingerprint density at radius 1 is 1.00 bits per heavy atom. The van der Waals surface area contributed by atoms with Crippen LogP contribution in [0.25, 0.3) is 11.5 Å². The van der Waals surface area contributed by atoms with E-state index in [1.54, 1.807) is 20.3 Å². The first kappa shape index (κ1) is 18.6. The summed E-state index contributed by atoms with van der Waals surface area (Å²) in [5.41, 5.74) is 0.742. The Morgan fingerprint density at radius 3 is 2.46 bits per heavy atom. The van der Waals surface area contributed by atoms with Crippen molar-refractivity contribution in [2.24, 2.45) is 0 Å². The van der Waals surface area contributed by atoms with E-state index < -0.39 is 0 Å². The number of nitrogens with zero attached hydrogens (tertiary/aromatic N) is 2. The van der Waals surface area contributed by atoms with Gasteiger partial charge in [0.25, 0.3) is 5.22 Å². The zero-order valence-corrected chi connectivity index (χ0v) is 16.7. The smallest absolute Gasteiger partial charge is 0.276 e. The zero-order valence-electron chi connectivity index (χ0n) is 14.3. The van der Waals surface area contributed by atoms with Crippen LogP contribution in [-0.4, -0.2) is 36.8 Å². The van der Waals surface area contributed by atoms with E-state index in [-0.39, 0.29) is 0 Å². The van der Waals surface area contributed by atoms with Crippen LogP contribution in [0, 0.1) is 0 Å². The third kappa shape index (κ3) is 4.92.